The molecule has 0 aliphatic rings. The summed E-state index contributed by atoms with van der Waals surface area (Å²) in [6.45, 7) is 1.91. The second kappa shape index (κ2) is 11.3. The maximum absolute atomic E-state index is 14.6. The third-order valence-corrected chi connectivity index (χ3v) is 5.44. The summed E-state index contributed by atoms with van der Waals surface area (Å²) >= 11 is 0. The fourth-order valence-corrected chi connectivity index (χ4v) is 3.63. The summed E-state index contributed by atoms with van der Waals surface area (Å²) in [6.07, 6.45) is -11.9. The second-order valence-corrected chi connectivity index (χ2v) is 8.41. The Morgan fingerprint density at radius 2 is 1.08 bits per heavy atom. The predicted molar refractivity (Wildman–Crippen MR) is 116 cm³/mol. The Morgan fingerprint density at radius 1 is 0.590 bits per heavy atom. The molecule has 0 bridgehead atoms. The van der Waals surface area contributed by atoms with Crippen molar-refractivity contribution in [3.8, 4) is 11.5 Å². The van der Waals surface area contributed by atoms with Crippen molar-refractivity contribution < 1.29 is 57.8 Å². The minimum Gasteiger partial charge on any atom is -0.429 e. The minimum atomic E-state index is -5.43. The van der Waals surface area contributed by atoms with Crippen molar-refractivity contribution in [2.24, 2.45) is 0 Å². The summed E-state index contributed by atoms with van der Waals surface area (Å²) in [5.74, 6) is -9.63. The molecule has 2 nitrogen and oxygen atoms in total. The van der Waals surface area contributed by atoms with E-state index in [1.54, 1.807) is 0 Å². The summed E-state index contributed by atoms with van der Waals surface area (Å²) < 4.78 is 161. The van der Waals surface area contributed by atoms with Gasteiger partial charge in [0.25, 0.3) is 0 Å². The zero-order chi connectivity index (χ0) is 29.2. The molecular formula is C26H19F11O2. The van der Waals surface area contributed by atoms with Gasteiger partial charge in [0, 0.05) is 12.1 Å². The molecule has 13 heteroatoms. The van der Waals surface area contributed by atoms with Crippen LogP contribution >= 0.6 is 0 Å². The number of alkyl halides is 7. The lowest BCUT2D eigenvalue weighted by molar-refractivity contribution is -0.190. The van der Waals surface area contributed by atoms with Crippen LogP contribution in [0.4, 0.5) is 48.3 Å². The van der Waals surface area contributed by atoms with Gasteiger partial charge in [0.1, 0.15) is 45.9 Å². The van der Waals surface area contributed by atoms with Crippen LogP contribution in [0.5, 0.6) is 11.5 Å². The maximum atomic E-state index is 14.6. The van der Waals surface area contributed by atoms with Gasteiger partial charge in [0.05, 0.1) is 5.56 Å². The van der Waals surface area contributed by atoms with Gasteiger partial charge >= 0.3 is 18.4 Å². The third-order valence-electron chi connectivity index (χ3n) is 5.44. The minimum absolute atomic E-state index is 0.101. The molecule has 0 fully saturated rings. The average Bonchev–Trinajstić information content (AvgIpc) is 2.77. The van der Waals surface area contributed by atoms with Crippen LogP contribution in [0, 0.1) is 23.3 Å². The standard InChI is InChI=1S/C26H19F11O2/c1-2-3-4-5-14-10-18(27)23(19(28)11-14)26(36,37)38-16-8-6-15(7-9-16)25(34,35)39-17-12-20(29)22(21(30)13-17)24(31,32)33/h6-13H,2-5H2,1H3. The molecular weight excluding hydrogens is 553 g/mol. The highest BCUT2D eigenvalue weighted by Crippen LogP contribution is 2.39. The molecule has 0 spiro atoms. The molecule has 39 heavy (non-hydrogen) atoms. The SMILES string of the molecule is CCCCCc1cc(F)c(C(F)(F)Oc2ccc(C(F)(F)Oc3cc(F)c(C(F)(F)F)c(F)c3)cc2)c(F)c1. The van der Waals surface area contributed by atoms with E-state index < -0.39 is 69.9 Å². The van der Waals surface area contributed by atoms with Crippen molar-refractivity contribution in [3.05, 3.63) is 94.1 Å². The highest BCUT2D eigenvalue weighted by molar-refractivity contribution is 5.35. The van der Waals surface area contributed by atoms with Gasteiger partial charge in [-0.1, -0.05) is 19.8 Å². The Morgan fingerprint density at radius 3 is 1.56 bits per heavy atom. The number of hydrogen-bond acceptors (Lipinski definition) is 2. The van der Waals surface area contributed by atoms with Crippen molar-refractivity contribution in [2.45, 2.75) is 51.0 Å². The lowest BCUT2D eigenvalue weighted by Crippen LogP contribution is -2.26. The van der Waals surface area contributed by atoms with E-state index in [1.165, 1.54) is 0 Å². The first kappa shape index (κ1) is 30.0. The average molecular weight is 572 g/mol. The smallest absolute Gasteiger partial charge is 0.429 e. The number of ether oxygens (including phenoxy) is 2. The highest BCUT2D eigenvalue weighted by atomic mass is 19.4. The van der Waals surface area contributed by atoms with Crippen molar-refractivity contribution in [1.82, 2.24) is 0 Å². The first-order valence-corrected chi connectivity index (χ1v) is 11.3. The topological polar surface area (TPSA) is 18.5 Å². The van der Waals surface area contributed by atoms with Crippen molar-refractivity contribution in [2.75, 3.05) is 0 Å². The zero-order valence-electron chi connectivity index (χ0n) is 19.9. The van der Waals surface area contributed by atoms with Gasteiger partial charge in [-0.05, 0) is 54.8 Å². The van der Waals surface area contributed by atoms with Crippen molar-refractivity contribution >= 4 is 0 Å². The first-order chi connectivity index (χ1) is 18.0. The van der Waals surface area contributed by atoms with Crippen LogP contribution in [0.15, 0.2) is 48.5 Å². The number of unbranched alkanes of at least 4 members (excludes halogenated alkanes) is 2. The molecule has 0 N–H and O–H groups in total. The molecule has 0 amide bonds. The Hall–Kier alpha value is -3.51. The predicted octanol–water partition coefficient (Wildman–Crippen LogP) is 9.25. The molecule has 0 saturated heterocycles. The van der Waals surface area contributed by atoms with Crippen LogP contribution < -0.4 is 9.47 Å². The summed E-state index contributed by atoms with van der Waals surface area (Å²) in [5, 5.41) is 0. The normalized spacial score (nSPS) is 12.5. The molecule has 0 heterocycles. The van der Waals surface area contributed by atoms with E-state index in [1.807, 2.05) is 6.92 Å². The Bertz CT molecular complexity index is 1260. The molecule has 0 saturated carbocycles. The van der Waals surface area contributed by atoms with Gasteiger partial charge in [-0.2, -0.15) is 30.7 Å². The Balaban J connectivity index is 1.77. The van der Waals surface area contributed by atoms with Crippen LogP contribution in [-0.4, -0.2) is 0 Å². The van der Waals surface area contributed by atoms with Gasteiger partial charge in [0.15, 0.2) is 0 Å². The van der Waals surface area contributed by atoms with Crippen molar-refractivity contribution in [1.29, 1.82) is 0 Å². The van der Waals surface area contributed by atoms with E-state index in [2.05, 4.69) is 9.47 Å². The molecule has 0 atom stereocenters. The lowest BCUT2D eigenvalue weighted by atomic mass is 10.0. The first-order valence-electron chi connectivity index (χ1n) is 11.3. The molecule has 0 aliphatic heterocycles. The number of aryl methyl sites for hydroxylation is 1. The highest BCUT2D eigenvalue weighted by Gasteiger charge is 2.42. The molecule has 212 valence electrons. The van der Waals surface area contributed by atoms with Gasteiger partial charge < -0.3 is 9.47 Å². The fourth-order valence-electron chi connectivity index (χ4n) is 3.63. The fraction of sp³-hybridized carbons (Fsp3) is 0.308. The molecule has 0 aliphatic carbocycles. The molecule has 0 radical (unpaired) electrons. The summed E-state index contributed by atoms with van der Waals surface area (Å²) in [6, 6.07) is 3.43. The van der Waals surface area contributed by atoms with E-state index in [9.17, 15) is 48.3 Å². The second-order valence-electron chi connectivity index (χ2n) is 8.41. The van der Waals surface area contributed by atoms with Gasteiger partial charge in [-0.15, -0.1) is 0 Å². The summed E-state index contributed by atoms with van der Waals surface area (Å²) in [5.41, 5.74) is -4.91. The number of rotatable bonds is 10. The number of hydrogen-bond donors (Lipinski definition) is 0. The number of halogens is 11. The Labute approximate surface area is 215 Å². The van der Waals surface area contributed by atoms with Crippen LogP contribution in [-0.2, 0) is 24.8 Å². The van der Waals surface area contributed by atoms with E-state index in [-0.39, 0.29) is 24.1 Å². The third kappa shape index (κ3) is 7.12. The summed E-state index contributed by atoms with van der Waals surface area (Å²) in [4.78, 5) is 0. The van der Waals surface area contributed by atoms with Crippen LogP contribution in [0.25, 0.3) is 0 Å². The van der Waals surface area contributed by atoms with Crippen LogP contribution in [0.1, 0.15) is 48.4 Å². The maximum Gasteiger partial charge on any atom is 0.432 e. The van der Waals surface area contributed by atoms with Crippen LogP contribution in [0.3, 0.4) is 0 Å². The van der Waals surface area contributed by atoms with E-state index in [4.69, 9.17) is 0 Å². The summed E-state index contributed by atoms with van der Waals surface area (Å²) in [7, 11) is 0. The monoisotopic (exact) mass is 572 g/mol. The number of benzene rings is 3. The van der Waals surface area contributed by atoms with E-state index in [0.717, 1.165) is 25.0 Å². The van der Waals surface area contributed by atoms with Crippen LogP contribution in [0.2, 0.25) is 0 Å². The van der Waals surface area contributed by atoms with Gasteiger partial charge in [-0.25, -0.2) is 17.6 Å². The van der Waals surface area contributed by atoms with Gasteiger partial charge in [-0.3, -0.25) is 0 Å². The largest absolute Gasteiger partial charge is 0.432 e. The van der Waals surface area contributed by atoms with E-state index >= 15 is 0 Å². The molecule has 0 unspecified atom stereocenters. The lowest BCUT2D eigenvalue weighted by Gasteiger charge is -2.21. The quantitative estimate of drug-likeness (QED) is 0.178. The molecule has 3 aromatic carbocycles. The zero-order valence-corrected chi connectivity index (χ0v) is 19.9. The molecule has 0 aromatic heterocycles. The molecule has 3 rings (SSSR count). The molecule has 3 aromatic rings. The van der Waals surface area contributed by atoms with Crippen molar-refractivity contribution in [3.63, 3.8) is 0 Å². The van der Waals surface area contributed by atoms with E-state index in [0.29, 0.717) is 30.7 Å². The Kier molecular flexibility index (Phi) is 8.71. The van der Waals surface area contributed by atoms with Gasteiger partial charge in [0.2, 0.25) is 0 Å².